The van der Waals surface area contributed by atoms with Gasteiger partial charge in [0.05, 0.1) is 6.10 Å². The fourth-order valence-electron chi connectivity index (χ4n) is 3.94. The predicted molar refractivity (Wildman–Crippen MR) is 116 cm³/mol. The number of fused-ring (bicyclic) bond motifs is 1. The van der Waals surface area contributed by atoms with E-state index in [9.17, 15) is 14.3 Å². The van der Waals surface area contributed by atoms with Gasteiger partial charge in [0.15, 0.2) is 18.2 Å². The Hall–Kier alpha value is -3.06. The van der Waals surface area contributed by atoms with E-state index in [1.54, 1.807) is 17.0 Å². The van der Waals surface area contributed by atoms with E-state index < -0.39 is 18.0 Å². The van der Waals surface area contributed by atoms with E-state index in [2.05, 4.69) is 10.6 Å². The van der Waals surface area contributed by atoms with Crippen LogP contribution in [0.4, 0.5) is 4.39 Å². The van der Waals surface area contributed by atoms with E-state index in [1.165, 1.54) is 12.1 Å². The van der Waals surface area contributed by atoms with Crippen LogP contribution in [0.2, 0.25) is 0 Å². The fraction of sp³-hybridized carbons (Fsp3) is 0.375. The number of para-hydroxylation sites is 1. The maximum Gasteiger partial charge on any atom is 0.260 e. The van der Waals surface area contributed by atoms with Crippen molar-refractivity contribution in [1.29, 1.82) is 0 Å². The minimum Gasteiger partial charge on any atom is -0.485 e. The van der Waals surface area contributed by atoms with Crippen molar-refractivity contribution < 1.29 is 23.8 Å². The number of hydrogen-bond donors (Lipinski definition) is 1. The molecule has 1 aliphatic heterocycles. The third-order valence-electron chi connectivity index (χ3n) is 5.89. The Morgan fingerprint density at radius 1 is 1.16 bits per heavy atom. The van der Waals surface area contributed by atoms with Crippen molar-refractivity contribution in [2.24, 2.45) is 7.05 Å². The molecule has 0 bridgehead atoms. The molecule has 0 radical (unpaired) electrons. The van der Waals surface area contributed by atoms with E-state index >= 15 is 0 Å². The van der Waals surface area contributed by atoms with Crippen molar-refractivity contribution in [3.63, 3.8) is 0 Å². The van der Waals surface area contributed by atoms with Gasteiger partial charge in [-0.05, 0) is 49.7 Å². The first-order valence-corrected chi connectivity index (χ1v) is 10.5. The Kier molecular flexibility index (Phi) is 6.13. The molecule has 1 N–H and O–H groups in total. The first-order chi connectivity index (χ1) is 14.9. The Morgan fingerprint density at radius 3 is 2.74 bits per heavy atom. The molecule has 2 atom stereocenters. The van der Waals surface area contributed by atoms with E-state index in [4.69, 9.17) is 9.47 Å². The smallest absolute Gasteiger partial charge is 0.260 e. The summed E-state index contributed by atoms with van der Waals surface area (Å²) in [5, 5.41) is 11.5. The van der Waals surface area contributed by atoms with Gasteiger partial charge >= 0.3 is 0 Å². The average molecular weight is 426 g/mol. The summed E-state index contributed by atoms with van der Waals surface area (Å²) >= 11 is 0. The van der Waals surface area contributed by atoms with Gasteiger partial charge in [-0.25, -0.2) is 4.39 Å². The number of likely N-dealkylation sites (tertiary alicyclic amines) is 1. The molecule has 2 heterocycles. The Labute approximate surface area is 180 Å². The average Bonchev–Trinajstić information content (AvgIpc) is 2.92. The maximum absolute atomic E-state index is 13.9. The van der Waals surface area contributed by atoms with Gasteiger partial charge in [-0.2, -0.15) is 0 Å². The zero-order chi connectivity index (χ0) is 22.0. The molecule has 2 aromatic carbocycles. The van der Waals surface area contributed by atoms with E-state index in [0.29, 0.717) is 31.7 Å². The maximum atomic E-state index is 13.9. The number of aryl methyl sites for hydroxylation is 2. The second-order valence-electron chi connectivity index (χ2n) is 7.97. The van der Waals surface area contributed by atoms with Crippen LogP contribution in [0.3, 0.4) is 0 Å². The number of hydrogen-bond acceptors (Lipinski definition) is 4. The normalized spacial score (nSPS) is 19.3. The Morgan fingerprint density at radius 2 is 1.94 bits per heavy atom. The number of carbonyl (C=O) groups is 1. The summed E-state index contributed by atoms with van der Waals surface area (Å²) in [7, 11) is 2.01. The number of halogens is 1. The van der Waals surface area contributed by atoms with Crippen molar-refractivity contribution in [3.8, 4) is 11.5 Å². The van der Waals surface area contributed by atoms with Crippen LogP contribution in [0, 0.1) is 12.7 Å². The molecule has 3 aromatic rings. The van der Waals surface area contributed by atoms with Gasteiger partial charge in [0.25, 0.3) is 5.91 Å². The molecule has 0 unspecified atom stereocenters. The number of ether oxygens (including phenoxy) is 2. The molecule has 1 aromatic heterocycles. The summed E-state index contributed by atoms with van der Waals surface area (Å²) in [6.07, 6.45) is -0.572. The SMILES string of the molecule is Cc1cc2cc(OCC(=O)N3CC[C@H](Oc4ccccc4F)[C@@H](O)CC3)ccc2n1C. The molecule has 1 amide bonds. The van der Waals surface area contributed by atoms with Crippen LogP contribution in [-0.4, -0.2) is 52.4 Å². The van der Waals surface area contributed by atoms with Gasteiger partial charge in [0.2, 0.25) is 0 Å². The van der Waals surface area contributed by atoms with Gasteiger partial charge in [-0.3, -0.25) is 4.79 Å². The topological polar surface area (TPSA) is 63.9 Å². The highest BCUT2D eigenvalue weighted by Crippen LogP contribution is 2.25. The predicted octanol–water partition coefficient (Wildman–Crippen LogP) is 3.44. The third-order valence-corrected chi connectivity index (χ3v) is 5.89. The second-order valence-corrected chi connectivity index (χ2v) is 7.97. The molecule has 1 fully saturated rings. The summed E-state index contributed by atoms with van der Waals surface area (Å²) in [5.74, 6) is 0.136. The monoisotopic (exact) mass is 426 g/mol. The molecular formula is C24H27FN2O4. The number of nitrogens with zero attached hydrogens (tertiary/aromatic N) is 2. The Balaban J connectivity index is 1.34. The summed E-state index contributed by atoms with van der Waals surface area (Å²) in [6, 6.07) is 14.0. The molecule has 4 rings (SSSR count). The molecule has 7 heteroatoms. The van der Waals surface area contributed by atoms with Crippen LogP contribution in [0.15, 0.2) is 48.5 Å². The van der Waals surface area contributed by atoms with E-state index in [0.717, 1.165) is 16.6 Å². The van der Waals surface area contributed by atoms with E-state index in [1.807, 2.05) is 32.2 Å². The lowest BCUT2D eigenvalue weighted by molar-refractivity contribution is -0.133. The molecule has 0 saturated carbocycles. The highest BCUT2D eigenvalue weighted by Gasteiger charge is 2.29. The standard InChI is InChI=1S/C24H27FN2O4/c1-16-13-17-14-18(7-8-20(17)26(16)2)30-15-24(29)27-11-9-21(28)23(10-12-27)31-22-6-4-3-5-19(22)25/h3-8,13-14,21,23,28H,9-12,15H2,1-2H3/t21-,23-/m0/s1. The summed E-state index contributed by atoms with van der Waals surface area (Å²) in [4.78, 5) is 14.4. The molecular weight excluding hydrogens is 399 g/mol. The second kappa shape index (κ2) is 8.98. The summed E-state index contributed by atoms with van der Waals surface area (Å²) in [5.41, 5.74) is 2.26. The number of carbonyl (C=O) groups excluding carboxylic acids is 1. The lowest BCUT2D eigenvalue weighted by atomic mass is 10.1. The number of benzene rings is 2. The first kappa shape index (κ1) is 21.2. The first-order valence-electron chi connectivity index (χ1n) is 10.5. The molecule has 0 aliphatic carbocycles. The van der Waals surface area contributed by atoms with Crippen molar-refractivity contribution in [2.45, 2.75) is 32.0 Å². The van der Waals surface area contributed by atoms with Crippen LogP contribution < -0.4 is 9.47 Å². The van der Waals surface area contributed by atoms with Crippen LogP contribution in [0.5, 0.6) is 11.5 Å². The minimum atomic E-state index is -0.776. The molecule has 1 saturated heterocycles. The van der Waals surface area contributed by atoms with Crippen molar-refractivity contribution in [3.05, 3.63) is 60.0 Å². The Bertz CT molecular complexity index is 1080. The number of aliphatic hydroxyl groups excluding tert-OH is 1. The largest absolute Gasteiger partial charge is 0.485 e. The van der Waals surface area contributed by atoms with Crippen molar-refractivity contribution in [1.82, 2.24) is 9.47 Å². The summed E-state index contributed by atoms with van der Waals surface area (Å²) in [6.45, 7) is 2.78. The molecule has 31 heavy (non-hydrogen) atoms. The van der Waals surface area contributed by atoms with Crippen LogP contribution in [-0.2, 0) is 11.8 Å². The fourth-order valence-corrected chi connectivity index (χ4v) is 3.94. The van der Waals surface area contributed by atoms with Crippen LogP contribution in [0.25, 0.3) is 10.9 Å². The molecule has 6 nitrogen and oxygen atoms in total. The van der Waals surface area contributed by atoms with Gasteiger partial charge in [-0.1, -0.05) is 12.1 Å². The van der Waals surface area contributed by atoms with Crippen LogP contribution >= 0.6 is 0 Å². The lowest BCUT2D eigenvalue weighted by Gasteiger charge is -2.22. The zero-order valence-corrected chi connectivity index (χ0v) is 17.8. The lowest BCUT2D eigenvalue weighted by Crippen LogP contribution is -2.36. The van der Waals surface area contributed by atoms with Crippen molar-refractivity contribution >= 4 is 16.8 Å². The minimum absolute atomic E-state index is 0.0771. The highest BCUT2D eigenvalue weighted by atomic mass is 19.1. The van der Waals surface area contributed by atoms with Crippen LogP contribution in [0.1, 0.15) is 18.5 Å². The zero-order valence-electron chi connectivity index (χ0n) is 17.8. The quantitative estimate of drug-likeness (QED) is 0.679. The van der Waals surface area contributed by atoms with Gasteiger partial charge in [0.1, 0.15) is 11.9 Å². The summed E-state index contributed by atoms with van der Waals surface area (Å²) < 4.78 is 27.4. The number of amides is 1. The molecule has 1 aliphatic rings. The highest BCUT2D eigenvalue weighted by molar-refractivity contribution is 5.83. The third kappa shape index (κ3) is 4.66. The number of aromatic nitrogens is 1. The van der Waals surface area contributed by atoms with E-state index in [-0.39, 0.29) is 18.3 Å². The van der Waals surface area contributed by atoms with Gasteiger partial charge in [0, 0.05) is 43.2 Å². The van der Waals surface area contributed by atoms with Gasteiger partial charge in [-0.15, -0.1) is 0 Å². The number of rotatable bonds is 5. The van der Waals surface area contributed by atoms with Gasteiger partial charge < -0.3 is 24.0 Å². The molecule has 0 spiro atoms. The molecule has 164 valence electrons. The van der Waals surface area contributed by atoms with Crippen molar-refractivity contribution in [2.75, 3.05) is 19.7 Å². The number of aliphatic hydroxyl groups is 1.